The SMILES string of the molecule is CC(C)(CNS(=O)(=O)C1CCNCC1)S(C)(=O)=O. The van der Waals surface area contributed by atoms with E-state index < -0.39 is 29.9 Å². The van der Waals surface area contributed by atoms with Crippen molar-refractivity contribution in [2.45, 2.75) is 36.7 Å². The van der Waals surface area contributed by atoms with Crippen LogP contribution in [0.15, 0.2) is 0 Å². The van der Waals surface area contributed by atoms with Crippen LogP contribution >= 0.6 is 0 Å². The lowest BCUT2D eigenvalue weighted by Crippen LogP contribution is -2.48. The molecule has 1 rings (SSSR count). The van der Waals surface area contributed by atoms with E-state index >= 15 is 0 Å². The van der Waals surface area contributed by atoms with Gasteiger partial charge in [-0.25, -0.2) is 21.6 Å². The van der Waals surface area contributed by atoms with Gasteiger partial charge in [-0.3, -0.25) is 0 Å². The minimum Gasteiger partial charge on any atom is -0.317 e. The second-order valence-electron chi connectivity index (χ2n) is 5.35. The summed E-state index contributed by atoms with van der Waals surface area (Å²) in [5, 5.41) is 2.67. The Kier molecular flexibility index (Phi) is 4.80. The molecule has 6 nitrogen and oxygen atoms in total. The molecule has 0 amide bonds. The van der Waals surface area contributed by atoms with Gasteiger partial charge in [0, 0.05) is 12.8 Å². The van der Waals surface area contributed by atoms with Crippen LogP contribution in [0.4, 0.5) is 0 Å². The van der Waals surface area contributed by atoms with E-state index in [-0.39, 0.29) is 6.54 Å². The molecule has 0 aromatic heterocycles. The molecule has 1 fully saturated rings. The molecule has 0 atom stereocenters. The quantitative estimate of drug-likeness (QED) is 0.712. The van der Waals surface area contributed by atoms with Gasteiger partial charge in [-0.1, -0.05) is 0 Å². The van der Waals surface area contributed by atoms with Gasteiger partial charge in [0.05, 0.1) is 10.00 Å². The van der Waals surface area contributed by atoms with Gasteiger partial charge in [-0.2, -0.15) is 0 Å². The van der Waals surface area contributed by atoms with E-state index in [4.69, 9.17) is 0 Å². The van der Waals surface area contributed by atoms with Crippen molar-refractivity contribution in [1.29, 1.82) is 0 Å². The number of hydrogen-bond donors (Lipinski definition) is 2. The van der Waals surface area contributed by atoms with E-state index in [0.717, 1.165) is 6.26 Å². The maximum atomic E-state index is 12.0. The van der Waals surface area contributed by atoms with Crippen LogP contribution in [0.5, 0.6) is 0 Å². The second-order valence-corrected chi connectivity index (χ2v) is 10.0. The number of nitrogens with one attached hydrogen (secondary N) is 2. The molecule has 0 unspecified atom stereocenters. The first-order valence-electron chi connectivity index (χ1n) is 5.95. The van der Waals surface area contributed by atoms with Crippen LogP contribution in [-0.2, 0) is 19.9 Å². The molecule has 8 heteroatoms. The van der Waals surface area contributed by atoms with E-state index in [1.54, 1.807) is 0 Å². The zero-order valence-corrected chi connectivity index (χ0v) is 12.7. The molecule has 0 aromatic rings. The summed E-state index contributed by atoms with van der Waals surface area (Å²) in [6.45, 7) is 4.32. The molecule has 108 valence electrons. The summed E-state index contributed by atoms with van der Waals surface area (Å²) in [5.41, 5.74) is 0. The van der Waals surface area contributed by atoms with Crippen molar-refractivity contribution in [3.05, 3.63) is 0 Å². The van der Waals surface area contributed by atoms with Gasteiger partial charge >= 0.3 is 0 Å². The second kappa shape index (κ2) is 5.44. The lowest BCUT2D eigenvalue weighted by Gasteiger charge is -2.26. The van der Waals surface area contributed by atoms with E-state index in [0.29, 0.717) is 25.9 Å². The Morgan fingerprint density at radius 3 is 2.11 bits per heavy atom. The van der Waals surface area contributed by atoms with Crippen LogP contribution in [0, 0.1) is 0 Å². The average Bonchev–Trinajstić information content (AvgIpc) is 2.26. The largest absolute Gasteiger partial charge is 0.317 e. The highest BCUT2D eigenvalue weighted by molar-refractivity contribution is 7.92. The Bertz CT molecular complexity index is 476. The van der Waals surface area contributed by atoms with E-state index in [1.807, 2.05) is 0 Å². The highest BCUT2D eigenvalue weighted by Gasteiger charge is 2.34. The van der Waals surface area contributed by atoms with E-state index in [9.17, 15) is 16.8 Å². The molecule has 1 aliphatic heterocycles. The molecule has 1 saturated heterocycles. The summed E-state index contributed by atoms with van der Waals surface area (Å²) in [6.07, 6.45) is 2.25. The first-order chi connectivity index (χ1) is 8.06. The number of rotatable bonds is 5. The highest BCUT2D eigenvalue weighted by Crippen LogP contribution is 2.16. The summed E-state index contributed by atoms with van der Waals surface area (Å²) >= 11 is 0. The Labute approximate surface area is 110 Å². The van der Waals surface area contributed by atoms with Crippen molar-refractivity contribution < 1.29 is 16.8 Å². The predicted molar refractivity (Wildman–Crippen MR) is 71.7 cm³/mol. The smallest absolute Gasteiger partial charge is 0.214 e. The minimum atomic E-state index is -3.43. The fraction of sp³-hybridized carbons (Fsp3) is 1.00. The Hall–Kier alpha value is -0.180. The van der Waals surface area contributed by atoms with Gasteiger partial charge in [0.2, 0.25) is 10.0 Å². The van der Waals surface area contributed by atoms with Crippen molar-refractivity contribution in [3.63, 3.8) is 0 Å². The fourth-order valence-electron chi connectivity index (χ4n) is 1.63. The monoisotopic (exact) mass is 298 g/mol. The highest BCUT2D eigenvalue weighted by atomic mass is 32.2. The summed E-state index contributed by atoms with van der Waals surface area (Å²) in [5.74, 6) is 0. The van der Waals surface area contributed by atoms with Crippen LogP contribution in [-0.4, -0.2) is 52.7 Å². The molecule has 18 heavy (non-hydrogen) atoms. The van der Waals surface area contributed by atoms with Gasteiger partial charge < -0.3 is 5.32 Å². The van der Waals surface area contributed by atoms with Gasteiger partial charge in [-0.05, 0) is 39.8 Å². The molecular weight excluding hydrogens is 276 g/mol. The van der Waals surface area contributed by atoms with Crippen LogP contribution in [0.1, 0.15) is 26.7 Å². The molecule has 2 N–H and O–H groups in total. The zero-order valence-electron chi connectivity index (χ0n) is 11.1. The van der Waals surface area contributed by atoms with Gasteiger partial charge in [0.15, 0.2) is 9.84 Å². The Morgan fingerprint density at radius 1 is 1.17 bits per heavy atom. The van der Waals surface area contributed by atoms with Crippen LogP contribution in [0.25, 0.3) is 0 Å². The van der Waals surface area contributed by atoms with Crippen molar-refractivity contribution >= 4 is 19.9 Å². The molecule has 0 aliphatic carbocycles. The van der Waals surface area contributed by atoms with Crippen LogP contribution in [0.2, 0.25) is 0 Å². The fourth-order valence-corrected chi connectivity index (χ4v) is 3.71. The number of piperidine rings is 1. The van der Waals surface area contributed by atoms with Crippen molar-refractivity contribution in [2.24, 2.45) is 0 Å². The third-order valence-electron chi connectivity index (χ3n) is 3.43. The summed E-state index contributed by atoms with van der Waals surface area (Å²) in [6, 6.07) is 0. The van der Waals surface area contributed by atoms with Crippen molar-refractivity contribution in [3.8, 4) is 0 Å². The molecule has 1 aliphatic rings. The first-order valence-corrected chi connectivity index (χ1v) is 9.39. The molecule has 0 spiro atoms. The maximum absolute atomic E-state index is 12.0. The van der Waals surface area contributed by atoms with E-state index in [1.165, 1.54) is 13.8 Å². The maximum Gasteiger partial charge on any atom is 0.214 e. The molecular formula is C10H22N2O4S2. The van der Waals surface area contributed by atoms with Gasteiger partial charge in [0.1, 0.15) is 0 Å². The Morgan fingerprint density at radius 2 is 1.67 bits per heavy atom. The molecule has 0 aromatic carbocycles. The average molecular weight is 298 g/mol. The van der Waals surface area contributed by atoms with Gasteiger partial charge in [-0.15, -0.1) is 0 Å². The number of hydrogen-bond acceptors (Lipinski definition) is 5. The molecule has 0 saturated carbocycles. The lowest BCUT2D eigenvalue weighted by atomic mass is 10.2. The number of sulfone groups is 1. The van der Waals surface area contributed by atoms with Crippen molar-refractivity contribution in [1.82, 2.24) is 10.0 Å². The summed E-state index contributed by atoms with van der Waals surface area (Å²) in [4.78, 5) is 0. The molecule has 0 radical (unpaired) electrons. The van der Waals surface area contributed by atoms with E-state index in [2.05, 4.69) is 10.0 Å². The van der Waals surface area contributed by atoms with Crippen LogP contribution < -0.4 is 10.0 Å². The normalized spacial score (nSPS) is 19.9. The zero-order chi connectivity index (χ0) is 14.0. The summed E-state index contributed by atoms with van der Waals surface area (Å²) in [7, 11) is -6.73. The van der Waals surface area contributed by atoms with Crippen LogP contribution in [0.3, 0.4) is 0 Å². The molecule has 0 bridgehead atoms. The minimum absolute atomic E-state index is 0.0852. The third kappa shape index (κ3) is 3.91. The Balaban J connectivity index is 2.67. The first kappa shape index (κ1) is 15.9. The number of sulfonamides is 1. The third-order valence-corrected chi connectivity index (χ3v) is 7.48. The summed E-state index contributed by atoms with van der Waals surface area (Å²) < 4.78 is 48.4. The predicted octanol–water partition coefficient (Wildman–Crippen LogP) is -0.519. The standard InChI is InChI=1S/C10H22N2O4S2/c1-10(2,17(3,13)14)8-12-18(15,16)9-4-6-11-7-5-9/h9,11-12H,4-8H2,1-3H3. The molecule has 1 heterocycles. The van der Waals surface area contributed by atoms with Gasteiger partial charge in [0.25, 0.3) is 0 Å². The van der Waals surface area contributed by atoms with Crippen molar-refractivity contribution in [2.75, 3.05) is 25.9 Å². The topological polar surface area (TPSA) is 92.3 Å². The lowest BCUT2D eigenvalue weighted by molar-refractivity contribution is 0.484.